The number of nitrogens with one attached hydrogen (secondary N) is 1. The molecule has 0 atom stereocenters. The van der Waals surface area contributed by atoms with Gasteiger partial charge in [0.25, 0.3) is 5.56 Å². The van der Waals surface area contributed by atoms with Gasteiger partial charge in [0.15, 0.2) is 5.16 Å². The van der Waals surface area contributed by atoms with Gasteiger partial charge in [-0.25, -0.2) is 4.98 Å². The van der Waals surface area contributed by atoms with Gasteiger partial charge in [0, 0.05) is 10.6 Å². The quantitative estimate of drug-likeness (QED) is 0.235. The molecule has 0 unspecified atom stereocenters. The lowest BCUT2D eigenvalue weighted by Crippen LogP contribution is -2.23. The number of anilines is 1. The molecule has 1 amide bonds. The summed E-state index contributed by atoms with van der Waals surface area (Å²) in [6.07, 6.45) is -0.666. The third-order valence-electron chi connectivity index (χ3n) is 6.09. The molecule has 0 aliphatic heterocycles. The molecule has 37 heavy (non-hydrogen) atoms. The van der Waals surface area contributed by atoms with Crippen LogP contribution in [-0.4, -0.2) is 28.3 Å². The minimum atomic E-state index is -4.51. The molecule has 2 aromatic carbocycles. The second kappa shape index (κ2) is 10.2. The lowest BCUT2D eigenvalue weighted by molar-refractivity contribution is -0.137. The number of hydrogen-bond donors (Lipinski definition) is 1. The van der Waals surface area contributed by atoms with Crippen molar-refractivity contribution in [1.29, 1.82) is 0 Å². The Morgan fingerprint density at radius 3 is 2.65 bits per heavy atom. The number of benzene rings is 2. The average molecular weight is 546 g/mol. The number of carbonyl (C=O) groups excluding carboxylic acids is 1. The molecule has 0 saturated carbocycles. The van der Waals surface area contributed by atoms with E-state index in [9.17, 15) is 22.8 Å². The summed E-state index contributed by atoms with van der Waals surface area (Å²) in [5.74, 6) is -0.0195. The molecule has 11 heteroatoms. The van der Waals surface area contributed by atoms with Crippen molar-refractivity contribution in [3.63, 3.8) is 0 Å². The number of thioether (sulfide) groups is 1. The molecule has 6 nitrogen and oxygen atoms in total. The van der Waals surface area contributed by atoms with Crippen LogP contribution in [0.25, 0.3) is 15.9 Å². The summed E-state index contributed by atoms with van der Waals surface area (Å²) in [6.45, 7) is 0. The van der Waals surface area contributed by atoms with Crippen LogP contribution in [0.5, 0.6) is 5.75 Å². The molecule has 1 aliphatic rings. The molecule has 0 saturated heterocycles. The fraction of sp³-hybridized carbons (Fsp3) is 0.269. The van der Waals surface area contributed by atoms with E-state index in [2.05, 4.69) is 5.32 Å². The Bertz CT molecular complexity index is 1530. The molecule has 1 aliphatic carbocycles. The zero-order valence-electron chi connectivity index (χ0n) is 19.7. The number of halogens is 3. The zero-order valence-corrected chi connectivity index (χ0v) is 21.4. The van der Waals surface area contributed by atoms with Gasteiger partial charge in [0.1, 0.15) is 10.6 Å². The van der Waals surface area contributed by atoms with Crippen LogP contribution < -0.4 is 15.6 Å². The van der Waals surface area contributed by atoms with Gasteiger partial charge >= 0.3 is 6.18 Å². The molecular weight excluding hydrogens is 523 g/mol. The maximum absolute atomic E-state index is 13.8. The first-order valence-corrected chi connectivity index (χ1v) is 13.4. The summed E-state index contributed by atoms with van der Waals surface area (Å²) in [5.41, 5.74) is 0.638. The van der Waals surface area contributed by atoms with E-state index in [1.807, 2.05) is 0 Å². The highest BCUT2D eigenvalue weighted by Crippen LogP contribution is 2.35. The van der Waals surface area contributed by atoms with E-state index in [1.165, 1.54) is 32.9 Å². The summed E-state index contributed by atoms with van der Waals surface area (Å²) >= 11 is 2.57. The maximum Gasteiger partial charge on any atom is 0.416 e. The summed E-state index contributed by atoms with van der Waals surface area (Å²) in [6, 6.07) is 11.4. The Kier molecular flexibility index (Phi) is 7.00. The monoisotopic (exact) mass is 545 g/mol. The number of thiophene rings is 1. The van der Waals surface area contributed by atoms with E-state index in [1.54, 1.807) is 31.4 Å². The minimum Gasteiger partial charge on any atom is -0.497 e. The first kappa shape index (κ1) is 25.3. The Balaban J connectivity index is 1.47. The summed E-state index contributed by atoms with van der Waals surface area (Å²) in [4.78, 5) is 33.0. The number of alkyl halides is 3. The van der Waals surface area contributed by atoms with E-state index in [0.29, 0.717) is 26.8 Å². The van der Waals surface area contributed by atoms with Gasteiger partial charge in [-0.05, 0) is 73.7 Å². The number of methoxy groups -OCH3 is 1. The Hall–Kier alpha value is -3.31. The molecule has 0 fully saturated rings. The van der Waals surface area contributed by atoms with Crippen molar-refractivity contribution in [3.05, 3.63) is 74.9 Å². The molecule has 2 aromatic heterocycles. The van der Waals surface area contributed by atoms with Crippen molar-refractivity contribution in [2.24, 2.45) is 0 Å². The standard InChI is InChI=1S/C26H22F3N3O3S2/c1-35-18-11-9-17(10-12-18)32-24(34)22-19-7-2-3-8-20(19)37-23(22)31-25(32)36-14-21(33)30-16-6-4-5-15(13-16)26(27,28)29/h4-6,9-13H,2-3,7-8,14H2,1H3,(H,30,33). The fourth-order valence-corrected chi connectivity index (χ4v) is 6.46. The molecule has 0 bridgehead atoms. The number of rotatable bonds is 6. The zero-order chi connectivity index (χ0) is 26.2. The number of nitrogens with zero attached hydrogens (tertiary/aromatic N) is 2. The summed E-state index contributed by atoms with van der Waals surface area (Å²) in [5, 5.41) is 3.45. The first-order valence-electron chi connectivity index (χ1n) is 11.6. The highest BCUT2D eigenvalue weighted by molar-refractivity contribution is 7.99. The normalized spacial score (nSPS) is 13.4. The van der Waals surface area contributed by atoms with Crippen LogP contribution >= 0.6 is 23.1 Å². The Labute approximate surface area is 218 Å². The van der Waals surface area contributed by atoms with E-state index < -0.39 is 17.6 Å². The largest absolute Gasteiger partial charge is 0.497 e. The molecule has 1 N–H and O–H groups in total. The predicted molar refractivity (Wildman–Crippen MR) is 139 cm³/mol. The van der Waals surface area contributed by atoms with Crippen molar-refractivity contribution in [3.8, 4) is 11.4 Å². The van der Waals surface area contributed by atoms with Crippen molar-refractivity contribution in [2.75, 3.05) is 18.2 Å². The van der Waals surface area contributed by atoms with E-state index >= 15 is 0 Å². The number of carbonyl (C=O) groups is 1. The van der Waals surface area contributed by atoms with E-state index in [0.717, 1.165) is 55.1 Å². The molecule has 2 heterocycles. The first-order chi connectivity index (χ1) is 17.7. The van der Waals surface area contributed by atoms with Crippen LogP contribution in [0.1, 0.15) is 28.8 Å². The number of aryl methyl sites for hydroxylation is 2. The number of ether oxygens (including phenoxy) is 1. The third kappa shape index (κ3) is 5.24. The predicted octanol–water partition coefficient (Wildman–Crippen LogP) is 6.08. The number of fused-ring (bicyclic) bond motifs is 3. The minimum absolute atomic E-state index is 0.0438. The molecule has 5 rings (SSSR count). The second-order valence-electron chi connectivity index (χ2n) is 8.54. The molecular formula is C26H22F3N3O3S2. The number of hydrogen-bond acceptors (Lipinski definition) is 6. The Morgan fingerprint density at radius 2 is 1.92 bits per heavy atom. The molecule has 4 aromatic rings. The average Bonchev–Trinajstić information content (AvgIpc) is 3.26. The van der Waals surface area contributed by atoms with Crippen LogP contribution in [0.2, 0.25) is 0 Å². The lowest BCUT2D eigenvalue weighted by Gasteiger charge is -2.14. The topological polar surface area (TPSA) is 73.2 Å². The van der Waals surface area contributed by atoms with Gasteiger partial charge in [0.2, 0.25) is 5.91 Å². The van der Waals surface area contributed by atoms with Crippen LogP contribution in [0.15, 0.2) is 58.5 Å². The second-order valence-corrected chi connectivity index (χ2v) is 10.6. The number of aromatic nitrogens is 2. The van der Waals surface area contributed by atoms with Crippen molar-refractivity contribution < 1.29 is 22.7 Å². The maximum atomic E-state index is 13.8. The molecule has 0 spiro atoms. The van der Waals surface area contributed by atoms with Crippen LogP contribution in [0, 0.1) is 0 Å². The highest BCUT2D eigenvalue weighted by Gasteiger charge is 2.30. The van der Waals surface area contributed by atoms with E-state index in [-0.39, 0.29) is 17.0 Å². The van der Waals surface area contributed by atoms with Crippen molar-refractivity contribution in [2.45, 2.75) is 37.0 Å². The van der Waals surface area contributed by atoms with Crippen LogP contribution in [0.4, 0.5) is 18.9 Å². The summed E-state index contributed by atoms with van der Waals surface area (Å²) in [7, 11) is 1.55. The summed E-state index contributed by atoms with van der Waals surface area (Å²) < 4.78 is 45.8. The number of amides is 1. The van der Waals surface area contributed by atoms with Gasteiger partial charge in [-0.15, -0.1) is 11.3 Å². The Morgan fingerprint density at radius 1 is 1.16 bits per heavy atom. The van der Waals surface area contributed by atoms with E-state index in [4.69, 9.17) is 9.72 Å². The smallest absolute Gasteiger partial charge is 0.416 e. The molecule has 192 valence electrons. The van der Waals surface area contributed by atoms with Crippen LogP contribution in [0.3, 0.4) is 0 Å². The third-order valence-corrected chi connectivity index (χ3v) is 8.22. The lowest BCUT2D eigenvalue weighted by atomic mass is 9.97. The van der Waals surface area contributed by atoms with Crippen molar-refractivity contribution in [1.82, 2.24) is 9.55 Å². The highest BCUT2D eigenvalue weighted by atomic mass is 32.2. The van der Waals surface area contributed by atoms with Gasteiger partial charge in [-0.1, -0.05) is 17.8 Å². The van der Waals surface area contributed by atoms with Gasteiger partial charge in [0.05, 0.1) is 29.5 Å². The SMILES string of the molecule is COc1ccc(-n2c(SCC(=O)Nc3cccc(C(F)(F)F)c3)nc3sc4c(c3c2=O)CCCC4)cc1. The van der Waals surface area contributed by atoms with Crippen molar-refractivity contribution >= 4 is 44.9 Å². The van der Waals surface area contributed by atoms with Gasteiger partial charge in [-0.3, -0.25) is 14.2 Å². The molecule has 0 radical (unpaired) electrons. The fourth-order valence-electron chi connectivity index (χ4n) is 4.34. The van der Waals surface area contributed by atoms with Gasteiger partial charge in [-0.2, -0.15) is 13.2 Å². The van der Waals surface area contributed by atoms with Crippen LogP contribution in [-0.2, 0) is 23.8 Å². The van der Waals surface area contributed by atoms with Gasteiger partial charge < -0.3 is 10.1 Å².